The number of nitrogens with two attached hydrogens (primary N) is 1. The topological polar surface area (TPSA) is 46.6 Å². The van der Waals surface area contributed by atoms with Crippen molar-refractivity contribution in [1.82, 2.24) is 9.38 Å². The molecule has 18 heavy (non-hydrogen) atoms. The smallest absolute Gasteiger partial charge is 0.193 e. The van der Waals surface area contributed by atoms with Gasteiger partial charge in [0.05, 0.1) is 12.2 Å². The van der Waals surface area contributed by atoms with Crippen LogP contribution in [0.4, 0.5) is 11.4 Å². The van der Waals surface area contributed by atoms with E-state index in [-0.39, 0.29) is 0 Å². The summed E-state index contributed by atoms with van der Waals surface area (Å²) in [7, 11) is 2.05. The van der Waals surface area contributed by atoms with E-state index in [1.807, 2.05) is 35.8 Å². The first-order chi connectivity index (χ1) is 8.72. The zero-order valence-electron chi connectivity index (χ0n) is 10.1. The molecule has 0 saturated carbocycles. The number of anilines is 2. The summed E-state index contributed by atoms with van der Waals surface area (Å²) < 4.78 is 2.05. The van der Waals surface area contributed by atoms with Crippen molar-refractivity contribution in [1.29, 1.82) is 0 Å². The molecule has 2 heterocycles. The Morgan fingerprint density at radius 2 is 2.11 bits per heavy atom. The Balaban J connectivity index is 1.79. The SMILES string of the molecule is CN(Cc1cn2ccsc2n1)c1ccc(N)cc1. The average molecular weight is 258 g/mol. The van der Waals surface area contributed by atoms with Crippen LogP contribution in [0.3, 0.4) is 0 Å². The van der Waals surface area contributed by atoms with Crippen LogP contribution in [0, 0.1) is 0 Å². The normalized spacial score (nSPS) is 10.9. The molecule has 0 aliphatic carbocycles. The van der Waals surface area contributed by atoms with Gasteiger partial charge in [-0.1, -0.05) is 0 Å². The molecule has 0 aliphatic rings. The molecular weight excluding hydrogens is 244 g/mol. The lowest BCUT2D eigenvalue weighted by atomic mass is 10.2. The van der Waals surface area contributed by atoms with Crippen LogP contribution in [0.15, 0.2) is 42.0 Å². The summed E-state index contributed by atoms with van der Waals surface area (Å²) >= 11 is 1.65. The lowest BCUT2D eigenvalue weighted by Gasteiger charge is -2.17. The van der Waals surface area contributed by atoms with Gasteiger partial charge in [-0.15, -0.1) is 11.3 Å². The summed E-state index contributed by atoms with van der Waals surface area (Å²) in [5.41, 5.74) is 8.68. The fourth-order valence-corrected chi connectivity index (χ4v) is 2.63. The summed E-state index contributed by atoms with van der Waals surface area (Å²) in [4.78, 5) is 7.77. The van der Waals surface area contributed by atoms with Gasteiger partial charge in [0.1, 0.15) is 0 Å². The Kier molecular flexibility index (Phi) is 2.68. The van der Waals surface area contributed by atoms with E-state index in [2.05, 4.69) is 27.5 Å². The number of hydrogen-bond acceptors (Lipinski definition) is 4. The first-order valence-corrected chi connectivity index (χ1v) is 6.58. The molecule has 0 unspecified atom stereocenters. The van der Waals surface area contributed by atoms with Crippen LogP contribution in [-0.4, -0.2) is 16.4 Å². The Morgan fingerprint density at radius 3 is 2.83 bits per heavy atom. The van der Waals surface area contributed by atoms with Crippen LogP contribution in [0.5, 0.6) is 0 Å². The van der Waals surface area contributed by atoms with Gasteiger partial charge in [-0.25, -0.2) is 4.98 Å². The van der Waals surface area contributed by atoms with Crippen LogP contribution in [-0.2, 0) is 6.54 Å². The first-order valence-electron chi connectivity index (χ1n) is 5.70. The van der Waals surface area contributed by atoms with Crippen LogP contribution in [0.2, 0.25) is 0 Å². The third kappa shape index (κ3) is 2.04. The molecule has 92 valence electrons. The highest BCUT2D eigenvalue weighted by molar-refractivity contribution is 7.15. The Morgan fingerprint density at radius 1 is 1.33 bits per heavy atom. The Bertz CT molecular complexity index is 624. The maximum absolute atomic E-state index is 5.68. The van der Waals surface area contributed by atoms with Gasteiger partial charge in [0.15, 0.2) is 4.96 Å². The van der Waals surface area contributed by atoms with Crippen molar-refractivity contribution in [2.45, 2.75) is 6.54 Å². The number of aromatic nitrogens is 2. The largest absolute Gasteiger partial charge is 0.399 e. The van der Waals surface area contributed by atoms with E-state index in [0.717, 1.165) is 28.6 Å². The molecule has 0 radical (unpaired) electrons. The lowest BCUT2D eigenvalue weighted by molar-refractivity contribution is 0.896. The molecule has 0 saturated heterocycles. The molecule has 4 nitrogen and oxygen atoms in total. The summed E-state index contributed by atoms with van der Waals surface area (Å²) in [6, 6.07) is 7.87. The van der Waals surface area contributed by atoms with Crippen molar-refractivity contribution < 1.29 is 0 Å². The minimum Gasteiger partial charge on any atom is -0.399 e. The van der Waals surface area contributed by atoms with Gasteiger partial charge in [0.2, 0.25) is 0 Å². The van der Waals surface area contributed by atoms with Crippen LogP contribution < -0.4 is 10.6 Å². The van der Waals surface area contributed by atoms with Gasteiger partial charge in [0, 0.05) is 36.2 Å². The molecule has 5 heteroatoms. The van der Waals surface area contributed by atoms with Gasteiger partial charge in [-0.05, 0) is 24.3 Å². The van der Waals surface area contributed by atoms with Gasteiger partial charge < -0.3 is 10.6 Å². The minimum absolute atomic E-state index is 0.787. The van der Waals surface area contributed by atoms with E-state index in [1.54, 1.807) is 11.3 Å². The highest BCUT2D eigenvalue weighted by Crippen LogP contribution is 2.18. The maximum Gasteiger partial charge on any atom is 0.193 e. The molecule has 2 aromatic heterocycles. The van der Waals surface area contributed by atoms with Crippen LogP contribution >= 0.6 is 11.3 Å². The van der Waals surface area contributed by atoms with E-state index in [4.69, 9.17) is 5.73 Å². The molecule has 0 fully saturated rings. The quantitative estimate of drug-likeness (QED) is 0.735. The number of nitrogens with zero attached hydrogens (tertiary/aromatic N) is 3. The second-order valence-electron chi connectivity index (χ2n) is 4.27. The van der Waals surface area contributed by atoms with Gasteiger partial charge in [-0.2, -0.15) is 0 Å². The van der Waals surface area contributed by atoms with Crippen LogP contribution in [0.25, 0.3) is 4.96 Å². The highest BCUT2D eigenvalue weighted by Gasteiger charge is 2.06. The van der Waals surface area contributed by atoms with Crippen molar-refractivity contribution >= 4 is 27.7 Å². The van der Waals surface area contributed by atoms with Crippen molar-refractivity contribution in [3.63, 3.8) is 0 Å². The third-order valence-electron chi connectivity index (χ3n) is 2.88. The summed E-state index contributed by atoms with van der Waals surface area (Å²) in [5, 5.41) is 2.04. The van der Waals surface area contributed by atoms with E-state index < -0.39 is 0 Å². The second-order valence-corrected chi connectivity index (χ2v) is 5.15. The van der Waals surface area contributed by atoms with Crippen molar-refractivity contribution in [3.8, 4) is 0 Å². The molecule has 0 atom stereocenters. The Hall–Kier alpha value is -2.01. The molecule has 0 amide bonds. The molecule has 0 bridgehead atoms. The summed E-state index contributed by atoms with van der Waals surface area (Å²) in [5.74, 6) is 0. The van der Waals surface area contributed by atoms with Gasteiger partial charge >= 0.3 is 0 Å². The van der Waals surface area contributed by atoms with E-state index in [9.17, 15) is 0 Å². The Labute approximate surface area is 109 Å². The standard InChI is InChI=1S/C13H14N4S/c1-16(12-4-2-10(14)3-5-12)8-11-9-17-6-7-18-13(17)15-11/h2-7,9H,8,14H2,1H3. The number of nitrogen functional groups attached to an aromatic ring is 1. The zero-order chi connectivity index (χ0) is 12.5. The second kappa shape index (κ2) is 4.34. The van der Waals surface area contributed by atoms with E-state index >= 15 is 0 Å². The lowest BCUT2D eigenvalue weighted by Crippen LogP contribution is -2.16. The molecule has 2 N–H and O–H groups in total. The zero-order valence-corrected chi connectivity index (χ0v) is 10.9. The third-order valence-corrected chi connectivity index (χ3v) is 3.65. The number of hydrogen-bond donors (Lipinski definition) is 1. The van der Waals surface area contributed by atoms with Crippen LogP contribution in [0.1, 0.15) is 5.69 Å². The monoisotopic (exact) mass is 258 g/mol. The number of thiazole rings is 1. The molecule has 3 rings (SSSR count). The fraction of sp³-hybridized carbons (Fsp3) is 0.154. The van der Waals surface area contributed by atoms with Crippen molar-refractivity contribution in [2.75, 3.05) is 17.7 Å². The predicted molar refractivity (Wildman–Crippen MR) is 76.0 cm³/mol. The predicted octanol–water partition coefficient (Wildman–Crippen LogP) is 2.61. The van der Waals surface area contributed by atoms with Crippen molar-refractivity contribution in [3.05, 3.63) is 47.7 Å². The summed E-state index contributed by atoms with van der Waals surface area (Å²) in [6.07, 6.45) is 4.10. The number of imidazole rings is 1. The molecular formula is C13H14N4S. The van der Waals surface area contributed by atoms with Gasteiger partial charge in [-0.3, -0.25) is 4.40 Å². The minimum atomic E-state index is 0.787. The first kappa shape index (κ1) is 11.1. The van der Waals surface area contributed by atoms with E-state index in [0.29, 0.717) is 0 Å². The van der Waals surface area contributed by atoms with Gasteiger partial charge in [0.25, 0.3) is 0 Å². The molecule has 0 aliphatic heterocycles. The molecule has 3 aromatic rings. The molecule has 1 aromatic carbocycles. The average Bonchev–Trinajstić information content (AvgIpc) is 2.90. The van der Waals surface area contributed by atoms with E-state index in [1.165, 1.54) is 0 Å². The van der Waals surface area contributed by atoms with Crippen molar-refractivity contribution in [2.24, 2.45) is 0 Å². The highest BCUT2D eigenvalue weighted by atomic mass is 32.1. The number of rotatable bonds is 3. The molecule has 0 spiro atoms. The fourth-order valence-electron chi connectivity index (χ4n) is 1.92. The maximum atomic E-state index is 5.68. The summed E-state index contributed by atoms with van der Waals surface area (Å²) in [6.45, 7) is 0.790. The number of benzene rings is 1. The number of fused-ring (bicyclic) bond motifs is 1.